The molecule has 0 aliphatic carbocycles. The number of carbonyl (C=O) groups excluding carboxylic acids is 1. The molecule has 0 aromatic heterocycles. The lowest BCUT2D eigenvalue weighted by Crippen LogP contribution is -2.40. The van der Waals surface area contributed by atoms with Crippen LogP contribution >= 0.6 is 0 Å². The van der Waals surface area contributed by atoms with Crippen molar-refractivity contribution in [1.82, 2.24) is 4.90 Å². The first-order valence-corrected chi connectivity index (χ1v) is 4.16. The molecule has 0 amide bonds. The van der Waals surface area contributed by atoms with Crippen LogP contribution in [-0.4, -0.2) is 36.9 Å². The van der Waals surface area contributed by atoms with Gasteiger partial charge in [-0.3, -0.25) is 4.79 Å². The van der Waals surface area contributed by atoms with E-state index in [9.17, 15) is 4.79 Å². The van der Waals surface area contributed by atoms with Crippen LogP contribution in [-0.2, 0) is 4.79 Å². The van der Waals surface area contributed by atoms with Crippen molar-refractivity contribution in [2.24, 2.45) is 5.73 Å². The van der Waals surface area contributed by atoms with Gasteiger partial charge < -0.3 is 10.6 Å². The Hall–Kier alpha value is -0.410. The Bertz CT molecular complexity index is 119. The normalized spacial score (nSPS) is 21.9. The first kappa shape index (κ1) is 8.68. The molecule has 0 unspecified atom stereocenters. The molecule has 63 valence electrons. The van der Waals surface area contributed by atoms with Gasteiger partial charge in [-0.15, -0.1) is 0 Å². The van der Waals surface area contributed by atoms with E-state index in [1.807, 2.05) is 6.29 Å². The second kappa shape index (κ2) is 4.46. The van der Waals surface area contributed by atoms with Crippen molar-refractivity contribution < 1.29 is 4.79 Å². The summed E-state index contributed by atoms with van der Waals surface area (Å²) in [6.07, 6.45) is 4.58. The average Bonchev–Trinajstić information content (AvgIpc) is 2.04. The molecule has 0 aromatic carbocycles. The maximum absolute atomic E-state index is 9.94. The minimum atomic E-state index is 0.381. The number of hydrogen-bond donors (Lipinski definition) is 1. The summed E-state index contributed by atoms with van der Waals surface area (Å²) < 4.78 is 0. The van der Waals surface area contributed by atoms with Crippen LogP contribution in [0.1, 0.15) is 19.3 Å². The predicted octanol–water partition coefficient (Wildman–Crippen LogP) is -0.0907. The Morgan fingerprint density at radius 1 is 1.45 bits per heavy atom. The van der Waals surface area contributed by atoms with Gasteiger partial charge in [0.05, 0.1) is 0 Å². The molecule has 1 fully saturated rings. The molecule has 0 spiro atoms. The van der Waals surface area contributed by atoms with Crippen molar-refractivity contribution in [1.29, 1.82) is 0 Å². The van der Waals surface area contributed by atoms with Crippen molar-refractivity contribution in [3.63, 3.8) is 0 Å². The van der Waals surface area contributed by atoms with Gasteiger partial charge in [-0.05, 0) is 25.9 Å². The number of rotatable bonds is 3. The van der Waals surface area contributed by atoms with Crippen LogP contribution in [0.2, 0.25) is 0 Å². The summed E-state index contributed by atoms with van der Waals surface area (Å²) in [5.74, 6) is 0. The van der Waals surface area contributed by atoms with Crippen LogP contribution in [0.15, 0.2) is 0 Å². The fourth-order valence-corrected chi connectivity index (χ4v) is 1.38. The number of nitrogens with two attached hydrogens (primary N) is 1. The van der Waals surface area contributed by atoms with E-state index in [0.29, 0.717) is 12.5 Å². The van der Waals surface area contributed by atoms with Crippen LogP contribution in [0, 0.1) is 0 Å². The summed E-state index contributed by atoms with van der Waals surface area (Å²) in [6, 6.07) is 0.381. The fourth-order valence-electron chi connectivity index (χ4n) is 1.38. The number of likely N-dealkylation sites (tertiary alicyclic amines) is 1. The summed E-state index contributed by atoms with van der Waals surface area (Å²) in [4.78, 5) is 12.2. The fraction of sp³-hybridized carbons (Fsp3) is 0.875. The standard InChI is InChI=1S/C8H15N2O/c9-8-2-5-10(6-3-8)4-1-7-11/h8H,1-6,9H2. The Morgan fingerprint density at radius 3 is 2.64 bits per heavy atom. The molecule has 11 heavy (non-hydrogen) atoms. The van der Waals surface area contributed by atoms with E-state index in [0.717, 1.165) is 32.5 Å². The summed E-state index contributed by atoms with van der Waals surface area (Å²) in [5, 5.41) is 0. The van der Waals surface area contributed by atoms with Crippen LogP contribution < -0.4 is 5.73 Å². The lowest BCUT2D eigenvalue weighted by Gasteiger charge is -2.29. The molecular weight excluding hydrogens is 140 g/mol. The second-order valence-electron chi connectivity index (χ2n) is 3.07. The van der Waals surface area contributed by atoms with Gasteiger partial charge in [0.15, 0.2) is 6.29 Å². The van der Waals surface area contributed by atoms with E-state index < -0.39 is 0 Å². The van der Waals surface area contributed by atoms with Crippen LogP contribution in [0.3, 0.4) is 0 Å². The third kappa shape index (κ3) is 2.99. The van der Waals surface area contributed by atoms with E-state index in [4.69, 9.17) is 5.73 Å². The van der Waals surface area contributed by atoms with Gasteiger partial charge in [-0.25, -0.2) is 0 Å². The van der Waals surface area contributed by atoms with Crippen molar-refractivity contribution in [2.45, 2.75) is 25.3 Å². The number of piperidine rings is 1. The average molecular weight is 155 g/mol. The van der Waals surface area contributed by atoms with Crippen molar-refractivity contribution in [3.05, 3.63) is 0 Å². The summed E-state index contributed by atoms with van der Waals surface area (Å²) in [6.45, 7) is 2.95. The maximum Gasteiger partial charge on any atom is 0.199 e. The van der Waals surface area contributed by atoms with E-state index >= 15 is 0 Å². The highest BCUT2D eigenvalue weighted by Gasteiger charge is 2.14. The highest BCUT2D eigenvalue weighted by molar-refractivity contribution is 5.50. The molecule has 3 nitrogen and oxygen atoms in total. The molecule has 0 saturated carbocycles. The van der Waals surface area contributed by atoms with E-state index in [2.05, 4.69) is 4.90 Å². The third-order valence-corrected chi connectivity index (χ3v) is 2.16. The lowest BCUT2D eigenvalue weighted by atomic mass is 10.1. The molecule has 0 bridgehead atoms. The SMILES string of the molecule is NC1CCN(CC[C]=O)CC1. The minimum absolute atomic E-state index is 0.381. The predicted molar refractivity (Wildman–Crippen MR) is 44.0 cm³/mol. The second-order valence-corrected chi connectivity index (χ2v) is 3.07. The minimum Gasteiger partial charge on any atom is -0.328 e. The van der Waals surface area contributed by atoms with Gasteiger partial charge in [0.2, 0.25) is 0 Å². The highest BCUT2D eigenvalue weighted by Crippen LogP contribution is 2.07. The number of nitrogens with zero attached hydrogens (tertiary/aromatic N) is 1. The lowest BCUT2D eigenvalue weighted by molar-refractivity contribution is 0.218. The van der Waals surface area contributed by atoms with Crippen LogP contribution in [0.4, 0.5) is 0 Å². The Morgan fingerprint density at radius 2 is 2.09 bits per heavy atom. The zero-order valence-electron chi connectivity index (χ0n) is 6.75. The molecule has 1 aliphatic rings. The first-order valence-electron chi connectivity index (χ1n) is 4.16. The summed E-state index contributed by atoms with van der Waals surface area (Å²) in [5.41, 5.74) is 5.72. The van der Waals surface area contributed by atoms with Crippen molar-refractivity contribution in [3.8, 4) is 0 Å². The molecule has 3 heteroatoms. The Labute approximate surface area is 67.5 Å². The molecular formula is C8H15N2O. The molecule has 1 aliphatic heterocycles. The monoisotopic (exact) mass is 155 g/mol. The van der Waals surface area contributed by atoms with Gasteiger partial charge in [-0.2, -0.15) is 0 Å². The molecule has 1 rings (SSSR count). The van der Waals surface area contributed by atoms with Gasteiger partial charge in [0.1, 0.15) is 0 Å². The Balaban J connectivity index is 2.12. The molecule has 1 radical (unpaired) electrons. The van der Waals surface area contributed by atoms with E-state index in [1.165, 1.54) is 0 Å². The third-order valence-electron chi connectivity index (χ3n) is 2.16. The van der Waals surface area contributed by atoms with E-state index in [-0.39, 0.29) is 0 Å². The van der Waals surface area contributed by atoms with Gasteiger partial charge in [-0.1, -0.05) is 0 Å². The topological polar surface area (TPSA) is 46.3 Å². The van der Waals surface area contributed by atoms with E-state index in [1.54, 1.807) is 0 Å². The smallest absolute Gasteiger partial charge is 0.199 e. The zero-order chi connectivity index (χ0) is 8.10. The summed E-state index contributed by atoms with van der Waals surface area (Å²) >= 11 is 0. The first-order chi connectivity index (χ1) is 5.33. The molecule has 0 aromatic rings. The summed E-state index contributed by atoms with van der Waals surface area (Å²) in [7, 11) is 0. The molecule has 1 saturated heterocycles. The molecule has 0 atom stereocenters. The number of hydrogen-bond acceptors (Lipinski definition) is 3. The highest BCUT2D eigenvalue weighted by atomic mass is 16.1. The quantitative estimate of drug-likeness (QED) is 0.619. The zero-order valence-corrected chi connectivity index (χ0v) is 6.75. The Kier molecular flexibility index (Phi) is 3.52. The molecule has 2 N–H and O–H groups in total. The van der Waals surface area contributed by atoms with Crippen LogP contribution in [0.25, 0.3) is 0 Å². The van der Waals surface area contributed by atoms with Crippen molar-refractivity contribution >= 4 is 6.29 Å². The largest absolute Gasteiger partial charge is 0.328 e. The van der Waals surface area contributed by atoms with Gasteiger partial charge >= 0.3 is 0 Å². The molecule has 1 heterocycles. The van der Waals surface area contributed by atoms with Gasteiger partial charge in [0.25, 0.3) is 0 Å². The maximum atomic E-state index is 9.94. The van der Waals surface area contributed by atoms with Crippen molar-refractivity contribution in [2.75, 3.05) is 19.6 Å². The van der Waals surface area contributed by atoms with Gasteiger partial charge in [0, 0.05) is 19.0 Å². The van der Waals surface area contributed by atoms with Crippen LogP contribution in [0.5, 0.6) is 0 Å².